The first-order chi connectivity index (χ1) is 13.6. The highest BCUT2D eigenvalue weighted by Crippen LogP contribution is 2.21. The third-order valence-electron chi connectivity index (χ3n) is 4.77. The van der Waals surface area contributed by atoms with Gasteiger partial charge in [-0.3, -0.25) is 14.5 Å². The van der Waals surface area contributed by atoms with E-state index < -0.39 is 5.97 Å². The van der Waals surface area contributed by atoms with Gasteiger partial charge in [-0.25, -0.2) is 4.79 Å². The first-order valence-electron chi connectivity index (χ1n) is 9.59. The van der Waals surface area contributed by atoms with Crippen molar-refractivity contribution in [2.24, 2.45) is 0 Å². The Labute approximate surface area is 171 Å². The van der Waals surface area contributed by atoms with Crippen molar-refractivity contribution in [2.45, 2.75) is 34.6 Å². The van der Waals surface area contributed by atoms with Crippen LogP contribution in [0.1, 0.15) is 50.2 Å². The molecule has 0 unspecified atom stereocenters. The van der Waals surface area contributed by atoms with E-state index in [2.05, 4.69) is 10.3 Å². The Hall–Kier alpha value is -2.93. The van der Waals surface area contributed by atoms with E-state index in [0.29, 0.717) is 22.5 Å². The molecule has 0 aliphatic rings. The van der Waals surface area contributed by atoms with Crippen molar-refractivity contribution in [1.29, 1.82) is 0 Å². The van der Waals surface area contributed by atoms with Crippen LogP contribution in [0.4, 0.5) is 5.69 Å². The molecule has 156 valence electrons. The molecule has 2 rings (SSSR count). The third-order valence-corrected chi connectivity index (χ3v) is 4.77. The summed E-state index contributed by atoms with van der Waals surface area (Å²) in [6.45, 7) is 9.47. The van der Waals surface area contributed by atoms with Gasteiger partial charge in [-0.15, -0.1) is 0 Å². The number of H-pyrrole nitrogens is 1. The molecule has 0 radical (unpaired) electrons. The summed E-state index contributed by atoms with van der Waals surface area (Å²) in [5, 5.41) is 2.92. The number of hydrogen-bond acceptors (Lipinski definition) is 5. The topological polar surface area (TPSA) is 91.5 Å². The molecular weight excluding hydrogens is 370 g/mol. The number of likely N-dealkylation sites (N-methyl/N-ethyl adjacent to an activating group) is 1. The average Bonchev–Trinajstić information content (AvgIpc) is 2.92. The van der Waals surface area contributed by atoms with Gasteiger partial charge in [0.15, 0.2) is 5.78 Å². The molecule has 0 saturated carbocycles. The van der Waals surface area contributed by atoms with Gasteiger partial charge in [0.2, 0.25) is 5.91 Å². The lowest BCUT2D eigenvalue weighted by Crippen LogP contribution is -2.34. The predicted octanol–water partition coefficient (Wildman–Crippen LogP) is 3.18. The van der Waals surface area contributed by atoms with Gasteiger partial charge in [0.05, 0.1) is 19.7 Å². The van der Waals surface area contributed by atoms with Crippen LogP contribution in [0.25, 0.3) is 0 Å². The molecule has 29 heavy (non-hydrogen) atoms. The van der Waals surface area contributed by atoms with Gasteiger partial charge in [-0.1, -0.05) is 18.2 Å². The maximum absolute atomic E-state index is 12.8. The van der Waals surface area contributed by atoms with E-state index in [1.807, 2.05) is 32.0 Å². The fourth-order valence-corrected chi connectivity index (χ4v) is 3.39. The fourth-order valence-electron chi connectivity index (χ4n) is 3.39. The van der Waals surface area contributed by atoms with E-state index in [4.69, 9.17) is 4.74 Å². The molecule has 7 nitrogen and oxygen atoms in total. The molecule has 0 spiro atoms. The molecule has 2 N–H and O–H groups in total. The van der Waals surface area contributed by atoms with Gasteiger partial charge in [-0.2, -0.15) is 0 Å². The van der Waals surface area contributed by atoms with Gasteiger partial charge in [0, 0.05) is 16.9 Å². The first-order valence-corrected chi connectivity index (χ1v) is 9.59. The Bertz CT molecular complexity index is 910. The number of aromatic amines is 1. The zero-order chi connectivity index (χ0) is 21.7. The summed E-state index contributed by atoms with van der Waals surface area (Å²) in [5.74, 6) is -0.824. The molecule has 0 atom stereocenters. The molecule has 0 fully saturated rings. The second-order valence-electron chi connectivity index (χ2n) is 7.26. The zero-order valence-electron chi connectivity index (χ0n) is 17.9. The van der Waals surface area contributed by atoms with Crippen LogP contribution in [0, 0.1) is 27.7 Å². The maximum atomic E-state index is 12.8. The van der Waals surface area contributed by atoms with Crippen molar-refractivity contribution in [2.75, 3.05) is 32.1 Å². The average molecular weight is 399 g/mol. The van der Waals surface area contributed by atoms with Crippen LogP contribution in [0.3, 0.4) is 0 Å². The molecule has 1 aromatic carbocycles. The largest absolute Gasteiger partial charge is 0.461 e. The van der Waals surface area contributed by atoms with E-state index in [0.717, 1.165) is 16.8 Å². The zero-order valence-corrected chi connectivity index (χ0v) is 17.9. The number of para-hydroxylation sites is 1. The number of carbonyl (C=O) groups excluding carboxylic acids is 3. The molecule has 1 aromatic heterocycles. The van der Waals surface area contributed by atoms with Gasteiger partial charge in [0.1, 0.15) is 5.69 Å². The Balaban J connectivity index is 2.04. The van der Waals surface area contributed by atoms with Crippen LogP contribution in [0.2, 0.25) is 0 Å². The number of rotatable bonds is 8. The number of nitrogens with zero attached hydrogens (tertiary/aromatic N) is 1. The van der Waals surface area contributed by atoms with E-state index in [1.54, 1.807) is 32.7 Å². The highest BCUT2D eigenvalue weighted by Gasteiger charge is 2.23. The highest BCUT2D eigenvalue weighted by atomic mass is 16.5. The Kier molecular flexibility index (Phi) is 7.34. The number of nitrogens with one attached hydrogen (secondary N) is 2. The Morgan fingerprint density at radius 3 is 2.28 bits per heavy atom. The lowest BCUT2D eigenvalue weighted by Gasteiger charge is -2.17. The molecule has 1 heterocycles. The highest BCUT2D eigenvalue weighted by molar-refractivity contribution is 6.03. The number of carbonyl (C=O) groups is 3. The monoisotopic (exact) mass is 399 g/mol. The fraction of sp³-hybridized carbons (Fsp3) is 0.409. The van der Waals surface area contributed by atoms with Crippen molar-refractivity contribution in [3.05, 3.63) is 51.8 Å². The molecule has 0 saturated heterocycles. The van der Waals surface area contributed by atoms with Crippen molar-refractivity contribution in [3.63, 3.8) is 0 Å². The quantitative estimate of drug-likeness (QED) is 0.525. The summed E-state index contributed by atoms with van der Waals surface area (Å²) in [7, 11) is 1.71. The van der Waals surface area contributed by atoms with E-state index in [-0.39, 0.29) is 31.4 Å². The van der Waals surface area contributed by atoms with Crippen molar-refractivity contribution in [3.8, 4) is 0 Å². The summed E-state index contributed by atoms with van der Waals surface area (Å²) < 4.78 is 5.02. The minimum atomic E-state index is -0.478. The summed E-state index contributed by atoms with van der Waals surface area (Å²) in [5.41, 5.74) is 4.72. The number of aryl methyl sites for hydroxylation is 3. The predicted molar refractivity (Wildman–Crippen MR) is 113 cm³/mol. The van der Waals surface area contributed by atoms with Crippen LogP contribution in [0.15, 0.2) is 18.2 Å². The molecule has 7 heteroatoms. The number of ketones is 1. The smallest absolute Gasteiger partial charge is 0.355 e. The maximum Gasteiger partial charge on any atom is 0.355 e. The second-order valence-corrected chi connectivity index (χ2v) is 7.26. The molecule has 0 bridgehead atoms. The lowest BCUT2D eigenvalue weighted by molar-refractivity contribution is -0.116. The van der Waals surface area contributed by atoms with Gasteiger partial charge < -0.3 is 15.0 Å². The second kappa shape index (κ2) is 9.52. The number of amides is 1. The van der Waals surface area contributed by atoms with Crippen LogP contribution in [-0.2, 0) is 9.53 Å². The Morgan fingerprint density at radius 1 is 1.07 bits per heavy atom. The number of ether oxygens (including phenoxy) is 1. The first kappa shape index (κ1) is 22.4. The summed E-state index contributed by atoms with van der Waals surface area (Å²) >= 11 is 0. The van der Waals surface area contributed by atoms with E-state index in [1.165, 1.54) is 0 Å². The molecule has 1 amide bonds. The third kappa shape index (κ3) is 5.32. The number of Topliss-reactive ketones (excluding diaryl/α,β-unsaturated/α-hetero) is 1. The van der Waals surface area contributed by atoms with Crippen LogP contribution < -0.4 is 5.32 Å². The Morgan fingerprint density at radius 2 is 1.69 bits per heavy atom. The summed E-state index contributed by atoms with van der Waals surface area (Å²) in [4.78, 5) is 41.8. The van der Waals surface area contributed by atoms with Crippen molar-refractivity contribution >= 4 is 23.3 Å². The molecule has 0 aliphatic heterocycles. The minimum absolute atomic E-state index is 0.0575. The normalized spacial score (nSPS) is 10.9. The number of aromatic nitrogens is 1. The molecule has 2 aromatic rings. The van der Waals surface area contributed by atoms with Crippen LogP contribution >= 0.6 is 0 Å². The van der Waals surface area contributed by atoms with Crippen molar-refractivity contribution in [1.82, 2.24) is 9.88 Å². The number of benzene rings is 1. The van der Waals surface area contributed by atoms with Crippen LogP contribution in [0.5, 0.6) is 0 Å². The minimum Gasteiger partial charge on any atom is -0.461 e. The summed E-state index contributed by atoms with van der Waals surface area (Å²) in [6, 6.07) is 5.82. The number of esters is 1. The number of hydrogen-bond donors (Lipinski definition) is 2. The SMILES string of the molecule is CCOC(=O)c1[nH]c(C)c(C(=O)CN(C)CC(=O)Nc2c(C)cccc2C)c1C. The van der Waals surface area contributed by atoms with E-state index >= 15 is 0 Å². The van der Waals surface area contributed by atoms with Gasteiger partial charge >= 0.3 is 5.97 Å². The van der Waals surface area contributed by atoms with Gasteiger partial charge in [0.25, 0.3) is 0 Å². The van der Waals surface area contributed by atoms with Crippen LogP contribution in [-0.4, -0.2) is 54.3 Å². The summed E-state index contributed by atoms with van der Waals surface area (Å²) in [6.07, 6.45) is 0. The number of anilines is 1. The van der Waals surface area contributed by atoms with Crippen molar-refractivity contribution < 1.29 is 19.1 Å². The molecular formula is C22H29N3O4. The van der Waals surface area contributed by atoms with E-state index in [9.17, 15) is 14.4 Å². The molecule has 0 aliphatic carbocycles. The van der Waals surface area contributed by atoms with Gasteiger partial charge in [-0.05, 0) is 58.4 Å². The lowest BCUT2D eigenvalue weighted by atomic mass is 10.1. The standard InChI is InChI=1S/C22H29N3O4/c1-7-29-22(28)21-15(4)19(16(5)23-21)17(26)11-25(6)12-18(27)24-20-13(2)9-8-10-14(20)3/h8-10,23H,7,11-12H2,1-6H3,(H,24,27).